The molecule has 0 saturated carbocycles. The Balaban J connectivity index is 1.44. The molecule has 0 bridgehead atoms. The lowest BCUT2D eigenvalue weighted by atomic mass is 10.0. The Labute approximate surface area is 151 Å². The summed E-state index contributed by atoms with van der Waals surface area (Å²) in [6.45, 7) is 7.99. The number of rotatable bonds is 4. The first kappa shape index (κ1) is 16.8. The fourth-order valence-electron chi connectivity index (χ4n) is 3.57. The largest absolute Gasteiger partial charge is 0.379 e. The Morgan fingerprint density at radius 1 is 1.48 bits per heavy atom. The summed E-state index contributed by atoms with van der Waals surface area (Å²) in [6.07, 6.45) is 1.81. The van der Waals surface area contributed by atoms with Gasteiger partial charge >= 0.3 is 0 Å². The zero-order chi connectivity index (χ0) is 17.4. The van der Waals surface area contributed by atoms with Gasteiger partial charge < -0.3 is 14.6 Å². The molecule has 0 aromatic carbocycles. The molecule has 0 spiro atoms. The van der Waals surface area contributed by atoms with Gasteiger partial charge in [0.2, 0.25) is 0 Å². The fraction of sp³-hybridized carbons (Fsp3) is 0.556. The summed E-state index contributed by atoms with van der Waals surface area (Å²) in [5.41, 5.74) is 4.22. The summed E-state index contributed by atoms with van der Waals surface area (Å²) >= 11 is 1.69. The lowest BCUT2D eigenvalue weighted by molar-refractivity contribution is 0.0928. The van der Waals surface area contributed by atoms with Crippen LogP contribution >= 0.6 is 11.3 Å². The van der Waals surface area contributed by atoms with Gasteiger partial charge in [0.05, 0.1) is 23.9 Å². The van der Waals surface area contributed by atoms with Crippen molar-refractivity contribution < 1.29 is 14.1 Å². The maximum atomic E-state index is 12.6. The second-order valence-electron chi connectivity index (χ2n) is 6.85. The first-order valence-corrected chi connectivity index (χ1v) is 9.61. The summed E-state index contributed by atoms with van der Waals surface area (Å²) in [5.74, 6) is 0.945. The zero-order valence-corrected chi connectivity index (χ0v) is 15.4. The Kier molecular flexibility index (Phi) is 4.62. The lowest BCUT2D eigenvalue weighted by Gasteiger charge is -2.27. The smallest absolute Gasteiger partial charge is 0.252 e. The van der Waals surface area contributed by atoms with Crippen LogP contribution in [0, 0.1) is 13.8 Å². The van der Waals surface area contributed by atoms with Crippen molar-refractivity contribution in [3.63, 3.8) is 0 Å². The minimum Gasteiger partial charge on any atom is -0.379 e. The van der Waals surface area contributed by atoms with Gasteiger partial charge in [0.25, 0.3) is 5.91 Å². The fourth-order valence-corrected chi connectivity index (χ4v) is 4.69. The van der Waals surface area contributed by atoms with Crippen molar-refractivity contribution in [1.82, 2.24) is 15.4 Å². The van der Waals surface area contributed by atoms with Crippen LogP contribution in [0.2, 0.25) is 0 Å². The average molecular weight is 361 g/mol. The van der Waals surface area contributed by atoms with Crippen molar-refractivity contribution in [3.8, 4) is 0 Å². The molecular weight excluding hydrogens is 338 g/mol. The maximum absolute atomic E-state index is 12.6. The van der Waals surface area contributed by atoms with Gasteiger partial charge in [0.15, 0.2) is 0 Å². The molecule has 1 saturated heterocycles. The number of hydrogen-bond acceptors (Lipinski definition) is 6. The van der Waals surface area contributed by atoms with Gasteiger partial charge in [-0.1, -0.05) is 5.16 Å². The first-order valence-electron chi connectivity index (χ1n) is 8.73. The van der Waals surface area contributed by atoms with Gasteiger partial charge in [-0.25, -0.2) is 0 Å². The summed E-state index contributed by atoms with van der Waals surface area (Å²) in [6, 6.07) is 0.155. The molecule has 4 heterocycles. The predicted molar refractivity (Wildman–Crippen MR) is 94.8 cm³/mol. The number of fused-ring (bicyclic) bond motifs is 1. The quantitative estimate of drug-likeness (QED) is 0.906. The summed E-state index contributed by atoms with van der Waals surface area (Å²) in [4.78, 5) is 16.3. The SMILES string of the molecule is Cc1noc(C)c1CN1CCc2c(C(=O)NC3CCOC3)csc2C1. The van der Waals surface area contributed by atoms with E-state index in [1.807, 2.05) is 19.2 Å². The minimum absolute atomic E-state index is 0.0483. The molecule has 134 valence electrons. The molecule has 1 atom stereocenters. The number of aromatic nitrogens is 1. The van der Waals surface area contributed by atoms with Crippen LogP contribution in [0.3, 0.4) is 0 Å². The Hall–Kier alpha value is -1.70. The van der Waals surface area contributed by atoms with Gasteiger partial charge in [-0.3, -0.25) is 9.69 Å². The van der Waals surface area contributed by atoms with Crippen LogP contribution in [0.25, 0.3) is 0 Å². The van der Waals surface area contributed by atoms with E-state index in [4.69, 9.17) is 9.26 Å². The van der Waals surface area contributed by atoms with Crippen LogP contribution in [0.4, 0.5) is 0 Å². The van der Waals surface area contributed by atoms with E-state index < -0.39 is 0 Å². The highest BCUT2D eigenvalue weighted by molar-refractivity contribution is 7.10. The third kappa shape index (κ3) is 3.36. The topological polar surface area (TPSA) is 67.6 Å². The number of amides is 1. The van der Waals surface area contributed by atoms with Gasteiger partial charge in [-0.15, -0.1) is 11.3 Å². The number of carbonyl (C=O) groups is 1. The van der Waals surface area contributed by atoms with Crippen LogP contribution in [-0.2, 0) is 24.2 Å². The third-order valence-electron chi connectivity index (χ3n) is 5.10. The van der Waals surface area contributed by atoms with Crippen molar-refractivity contribution in [3.05, 3.63) is 38.4 Å². The maximum Gasteiger partial charge on any atom is 0.252 e. The molecule has 1 unspecified atom stereocenters. The van der Waals surface area contributed by atoms with Crippen LogP contribution < -0.4 is 5.32 Å². The van der Waals surface area contributed by atoms with E-state index in [1.165, 1.54) is 16.0 Å². The van der Waals surface area contributed by atoms with Crippen LogP contribution in [0.1, 0.15) is 44.2 Å². The van der Waals surface area contributed by atoms with Crippen molar-refractivity contribution >= 4 is 17.2 Å². The monoisotopic (exact) mass is 361 g/mol. The predicted octanol–water partition coefficient (Wildman–Crippen LogP) is 2.43. The zero-order valence-electron chi connectivity index (χ0n) is 14.6. The highest BCUT2D eigenvalue weighted by Crippen LogP contribution is 2.30. The highest BCUT2D eigenvalue weighted by Gasteiger charge is 2.26. The summed E-state index contributed by atoms with van der Waals surface area (Å²) in [7, 11) is 0. The molecule has 4 rings (SSSR count). The normalized spacial score (nSPS) is 20.6. The van der Waals surface area contributed by atoms with Gasteiger partial charge in [-0.05, 0) is 32.3 Å². The third-order valence-corrected chi connectivity index (χ3v) is 6.11. The first-order chi connectivity index (χ1) is 12.1. The van der Waals surface area contributed by atoms with E-state index in [1.54, 1.807) is 11.3 Å². The molecule has 1 N–H and O–H groups in total. The molecular formula is C18H23N3O3S. The number of thiophene rings is 1. The molecule has 0 aliphatic carbocycles. The van der Waals surface area contributed by atoms with Crippen LogP contribution in [0.5, 0.6) is 0 Å². The van der Waals surface area contributed by atoms with Crippen LogP contribution in [0.15, 0.2) is 9.90 Å². The molecule has 2 aromatic heterocycles. The number of aryl methyl sites for hydroxylation is 2. The van der Waals surface area contributed by atoms with E-state index in [0.29, 0.717) is 6.61 Å². The average Bonchev–Trinajstić information content (AvgIpc) is 3.31. The van der Waals surface area contributed by atoms with E-state index in [-0.39, 0.29) is 11.9 Å². The molecule has 7 heteroatoms. The summed E-state index contributed by atoms with van der Waals surface area (Å²) < 4.78 is 10.6. The Morgan fingerprint density at radius 2 is 2.36 bits per heavy atom. The Bertz CT molecular complexity index is 757. The van der Waals surface area contributed by atoms with Crippen molar-refractivity contribution in [2.75, 3.05) is 19.8 Å². The second-order valence-corrected chi connectivity index (χ2v) is 7.81. The second kappa shape index (κ2) is 6.90. The Morgan fingerprint density at radius 3 is 3.08 bits per heavy atom. The molecule has 2 aliphatic rings. The molecule has 25 heavy (non-hydrogen) atoms. The van der Waals surface area contributed by atoms with Crippen molar-refractivity contribution in [1.29, 1.82) is 0 Å². The highest BCUT2D eigenvalue weighted by atomic mass is 32.1. The molecule has 2 aliphatic heterocycles. The number of nitrogens with zero attached hydrogens (tertiary/aromatic N) is 2. The number of nitrogens with one attached hydrogen (secondary N) is 1. The molecule has 0 radical (unpaired) electrons. The lowest BCUT2D eigenvalue weighted by Crippen LogP contribution is -2.36. The van der Waals surface area contributed by atoms with E-state index >= 15 is 0 Å². The molecule has 1 amide bonds. The number of ether oxygens (including phenoxy) is 1. The van der Waals surface area contributed by atoms with E-state index in [2.05, 4.69) is 15.4 Å². The molecule has 1 fully saturated rings. The van der Waals surface area contributed by atoms with Gasteiger partial charge in [0.1, 0.15) is 5.76 Å². The van der Waals surface area contributed by atoms with E-state index in [0.717, 1.165) is 56.1 Å². The van der Waals surface area contributed by atoms with Crippen molar-refractivity contribution in [2.24, 2.45) is 0 Å². The standard InChI is InChI=1S/C18H23N3O3S/c1-11-15(12(2)24-20-11)7-21-5-3-14-16(10-25-17(14)8-21)18(22)19-13-4-6-23-9-13/h10,13H,3-9H2,1-2H3,(H,19,22). The number of hydrogen-bond donors (Lipinski definition) is 1. The van der Waals surface area contributed by atoms with Gasteiger partial charge in [0, 0.05) is 42.1 Å². The van der Waals surface area contributed by atoms with Gasteiger partial charge in [-0.2, -0.15) is 0 Å². The number of carbonyl (C=O) groups excluding carboxylic acids is 1. The minimum atomic E-state index is 0.0483. The van der Waals surface area contributed by atoms with E-state index in [9.17, 15) is 4.79 Å². The van der Waals surface area contributed by atoms with Crippen LogP contribution in [-0.4, -0.2) is 41.8 Å². The molecule has 6 nitrogen and oxygen atoms in total. The van der Waals surface area contributed by atoms with Crippen molar-refractivity contribution in [2.45, 2.75) is 45.8 Å². The molecule has 2 aromatic rings. The summed E-state index contributed by atoms with van der Waals surface area (Å²) in [5, 5.41) is 9.15.